The smallest absolute Gasteiger partial charge is 0.0835 e. The van der Waals surface area contributed by atoms with E-state index < -0.39 is 0 Å². The quantitative estimate of drug-likeness (QED) is 0.866. The minimum absolute atomic E-state index is 0.0686. The third kappa shape index (κ3) is 2.84. The monoisotopic (exact) mass is 243 g/mol. The van der Waals surface area contributed by atoms with E-state index in [9.17, 15) is 0 Å². The third-order valence-electron chi connectivity index (χ3n) is 2.85. The Bertz CT molecular complexity index is 511. The molecule has 1 aromatic heterocycles. The molecule has 4 heteroatoms. The lowest BCUT2D eigenvalue weighted by Crippen LogP contribution is -2.10. The average molecular weight is 243 g/mol. The highest BCUT2D eigenvalue weighted by atomic mass is 16.3. The second-order valence-electron chi connectivity index (χ2n) is 4.25. The molecule has 2 rings (SSSR count). The highest BCUT2D eigenvalue weighted by Crippen LogP contribution is 2.19. The summed E-state index contributed by atoms with van der Waals surface area (Å²) in [5, 5.41) is 12.4. The Labute approximate surface area is 107 Å². The van der Waals surface area contributed by atoms with Crippen LogP contribution in [0.3, 0.4) is 0 Å². The van der Waals surface area contributed by atoms with Crippen molar-refractivity contribution in [3.63, 3.8) is 0 Å². The third-order valence-corrected chi connectivity index (χ3v) is 2.85. The number of nitrogens with one attached hydrogen (secondary N) is 1. The van der Waals surface area contributed by atoms with Gasteiger partial charge in [0.2, 0.25) is 0 Å². The molecule has 0 saturated carbocycles. The number of benzene rings is 1. The van der Waals surface area contributed by atoms with Gasteiger partial charge in [-0.3, -0.25) is 9.97 Å². The summed E-state index contributed by atoms with van der Waals surface area (Å²) in [5.41, 5.74) is 3.79. The van der Waals surface area contributed by atoms with Crippen LogP contribution in [0.15, 0.2) is 36.7 Å². The molecule has 1 heterocycles. The molecule has 94 valence electrons. The van der Waals surface area contributed by atoms with Crippen LogP contribution in [0.4, 0.5) is 5.69 Å². The lowest BCUT2D eigenvalue weighted by atomic mass is 10.1. The summed E-state index contributed by atoms with van der Waals surface area (Å²) >= 11 is 0. The summed E-state index contributed by atoms with van der Waals surface area (Å²) in [6.45, 7) is 4.07. The van der Waals surface area contributed by atoms with Crippen LogP contribution in [-0.2, 0) is 6.61 Å². The molecule has 0 amide bonds. The van der Waals surface area contributed by atoms with E-state index in [1.54, 1.807) is 12.4 Å². The standard InChI is InChI=1S/C14H17N3O/c1-10-14(16-8-7-15-10)11(2)17-13-5-3-12(9-18)4-6-13/h3-8,11,17-18H,9H2,1-2H3. The van der Waals surface area contributed by atoms with E-state index in [2.05, 4.69) is 22.2 Å². The van der Waals surface area contributed by atoms with Crippen molar-refractivity contribution in [3.05, 3.63) is 53.6 Å². The molecule has 2 N–H and O–H groups in total. The molecule has 2 aromatic rings. The molecular weight excluding hydrogens is 226 g/mol. The summed E-state index contributed by atoms with van der Waals surface area (Å²) in [4.78, 5) is 8.58. The fourth-order valence-electron chi connectivity index (χ4n) is 1.87. The van der Waals surface area contributed by atoms with Crippen molar-refractivity contribution in [1.82, 2.24) is 9.97 Å². The van der Waals surface area contributed by atoms with Crippen molar-refractivity contribution in [3.8, 4) is 0 Å². The zero-order valence-electron chi connectivity index (χ0n) is 10.6. The maximum Gasteiger partial charge on any atom is 0.0835 e. The molecule has 0 fully saturated rings. The summed E-state index contributed by atoms with van der Waals surface area (Å²) in [5.74, 6) is 0. The molecular formula is C14H17N3O. The molecule has 1 unspecified atom stereocenters. The Morgan fingerprint density at radius 1 is 1.17 bits per heavy atom. The highest BCUT2D eigenvalue weighted by Gasteiger charge is 2.09. The summed E-state index contributed by atoms with van der Waals surface area (Å²) in [7, 11) is 0. The molecule has 0 bridgehead atoms. The zero-order chi connectivity index (χ0) is 13.0. The minimum Gasteiger partial charge on any atom is -0.392 e. The molecule has 0 aliphatic carbocycles. The first-order valence-corrected chi connectivity index (χ1v) is 5.94. The van der Waals surface area contributed by atoms with Gasteiger partial charge in [0.15, 0.2) is 0 Å². The number of aryl methyl sites for hydroxylation is 1. The van der Waals surface area contributed by atoms with Gasteiger partial charge in [-0.25, -0.2) is 0 Å². The number of aromatic nitrogens is 2. The average Bonchev–Trinajstić information content (AvgIpc) is 2.40. The molecule has 18 heavy (non-hydrogen) atoms. The topological polar surface area (TPSA) is 58.0 Å². The number of nitrogens with zero attached hydrogens (tertiary/aromatic N) is 2. The van der Waals surface area contributed by atoms with Gasteiger partial charge < -0.3 is 10.4 Å². The fraction of sp³-hybridized carbons (Fsp3) is 0.286. The largest absolute Gasteiger partial charge is 0.392 e. The van der Waals surface area contributed by atoms with Crippen molar-refractivity contribution in [2.75, 3.05) is 5.32 Å². The van der Waals surface area contributed by atoms with Crippen LogP contribution in [-0.4, -0.2) is 15.1 Å². The van der Waals surface area contributed by atoms with Gasteiger partial charge in [0.1, 0.15) is 0 Å². The fourth-order valence-corrected chi connectivity index (χ4v) is 1.87. The maximum absolute atomic E-state index is 8.99. The van der Waals surface area contributed by atoms with Crippen molar-refractivity contribution in [1.29, 1.82) is 0 Å². The van der Waals surface area contributed by atoms with Crippen molar-refractivity contribution in [2.24, 2.45) is 0 Å². The molecule has 0 aliphatic rings. The molecule has 0 aliphatic heterocycles. The predicted octanol–water partition coefficient (Wildman–Crippen LogP) is 2.45. The number of aliphatic hydroxyl groups is 1. The van der Waals surface area contributed by atoms with Crippen LogP contribution in [0.5, 0.6) is 0 Å². The predicted molar refractivity (Wildman–Crippen MR) is 71.2 cm³/mol. The SMILES string of the molecule is Cc1nccnc1C(C)Nc1ccc(CO)cc1. The van der Waals surface area contributed by atoms with E-state index >= 15 is 0 Å². The summed E-state index contributed by atoms with van der Waals surface area (Å²) < 4.78 is 0. The highest BCUT2D eigenvalue weighted by molar-refractivity contribution is 5.46. The van der Waals surface area contributed by atoms with Crippen LogP contribution >= 0.6 is 0 Å². The molecule has 0 radical (unpaired) electrons. The normalized spacial score (nSPS) is 12.2. The first kappa shape index (κ1) is 12.5. The second-order valence-corrected chi connectivity index (χ2v) is 4.25. The Hall–Kier alpha value is -1.94. The molecule has 4 nitrogen and oxygen atoms in total. The van der Waals surface area contributed by atoms with Gasteiger partial charge in [-0.15, -0.1) is 0 Å². The Kier molecular flexibility index (Phi) is 3.89. The Balaban J connectivity index is 2.11. The minimum atomic E-state index is 0.0686. The lowest BCUT2D eigenvalue weighted by Gasteiger charge is -2.16. The Morgan fingerprint density at radius 3 is 2.44 bits per heavy atom. The van der Waals surface area contributed by atoms with Crippen LogP contribution in [0.25, 0.3) is 0 Å². The van der Waals surface area contributed by atoms with E-state index in [4.69, 9.17) is 5.11 Å². The first-order valence-electron chi connectivity index (χ1n) is 5.94. The van der Waals surface area contributed by atoms with Crippen LogP contribution < -0.4 is 5.32 Å². The number of aliphatic hydroxyl groups excluding tert-OH is 1. The number of hydrogen-bond donors (Lipinski definition) is 2. The van der Waals surface area contributed by atoms with Crippen LogP contribution in [0, 0.1) is 6.92 Å². The maximum atomic E-state index is 8.99. The Morgan fingerprint density at radius 2 is 1.83 bits per heavy atom. The van der Waals surface area contributed by atoms with Gasteiger partial charge in [0.25, 0.3) is 0 Å². The molecule has 0 spiro atoms. The van der Waals surface area contributed by atoms with Gasteiger partial charge in [-0.05, 0) is 31.5 Å². The lowest BCUT2D eigenvalue weighted by molar-refractivity contribution is 0.282. The van der Waals surface area contributed by atoms with Crippen molar-refractivity contribution >= 4 is 5.69 Å². The summed E-state index contributed by atoms with van der Waals surface area (Å²) in [6.07, 6.45) is 3.40. The number of rotatable bonds is 4. The van der Waals surface area contributed by atoms with E-state index in [1.165, 1.54) is 0 Å². The van der Waals surface area contributed by atoms with Crippen molar-refractivity contribution in [2.45, 2.75) is 26.5 Å². The summed E-state index contributed by atoms with van der Waals surface area (Å²) in [6, 6.07) is 7.80. The second kappa shape index (κ2) is 5.60. The van der Waals surface area contributed by atoms with E-state index in [1.807, 2.05) is 31.2 Å². The van der Waals surface area contributed by atoms with E-state index in [0.717, 1.165) is 22.6 Å². The number of anilines is 1. The van der Waals surface area contributed by atoms with Crippen molar-refractivity contribution < 1.29 is 5.11 Å². The van der Waals surface area contributed by atoms with Crippen LogP contribution in [0.2, 0.25) is 0 Å². The van der Waals surface area contributed by atoms with Crippen LogP contribution in [0.1, 0.15) is 29.9 Å². The number of hydrogen-bond acceptors (Lipinski definition) is 4. The van der Waals surface area contributed by atoms with E-state index in [-0.39, 0.29) is 12.6 Å². The van der Waals surface area contributed by atoms with Gasteiger partial charge >= 0.3 is 0 Å². The van der Waals surface area contributed by atoms with Gasteiger partial charge in [0.05, 0.1) is 24.0 Å². The molecule has 1 aromatic carbocycles. The first-order chi connectivity index (χ1) is 8.70. The van der Waals surface area contributed by atoms with Gasteiger partial charge in [-0.1, -0.05) is 12.1 Å². The van der Waals surface area contributed by atoms with Gasteiger partial charge in [-0.2, -0.15) is 0 Å². The molecule has 0 saturated heterocycles. The molecule has 1 atom stereocenters. The zero-order valence-corrected chi connectivity index (χ0v) is 10.6. The van der Waals surface area contributed by atoms with E-state index in [0.29, 0.717) is 0 Å². The van der Waals surface area contributed by atoms with Gasteiger partial charge in [0, 0.05) is 18.1 Å².